The number of aromatic nitrogens is 3. The number of thiophene rings is 1. The molecule has 0 aliphatic rings. The molecule has 49 heavy (non-hydrogen) atoms. The largest absolute Gasteiger partial charge is 0.208 e. The van der Waals surface area contributed by atoms with E-state index < -0.39 is 0 Å². The van der Waals surface area contributed by atoms with Gasteiger partial charge in [0.05, 0.1) is 0 Å². The van der Waals surface area contributed by atoms with Gasteiger partial charge in [0.25, 0.3) is 0 Å². The van der Waals surface area contributed by atoms with E-state index in [0.29, 0.717) is 17.5 Å². The van der Waals surface area contributed by atoms with Crippen molar-refractivity contribution in [1.82, 2.24) is 15.0 Å². The highest BCUT2D eigenvalue weighted by atomic mass is 32.1. The lowest BCUT2D eigenvalue weighted by Crippen LogP contribution is -2.00. The fourth-order valence-corrected chi connectivity index (χ4v) is 8.35. The predicted octanol–water partition coefficient (Wildman–Crippen LogP) is 12.4. The highest BCUT2D eigenvalue weighted by Gasteiger charge is 2.18. The van der Waals surface area contributed by atoms with Crippen molar-refractivity contribution in [3.63, 3.8) is 0 Å². The van der Waals surface area contributed by atoms with Crippen LogP contribution < -0.4 is 0 Å². The second-order valence-corrected chi connectivity index (χ2v) is 13.5. The van der Waals surface area contributed by atoms with E-state index in [9.17, 15) is 0 Å². The predicted molar refractivity (Wildman–Crippen MR) is 207 cm³/mol. The molecule has 0 saturated heterocycles. The third kappa shape index (κ3) is 4.61. The Bertz CT molecular complexity index is 2820. The van der Waals surface area contributed by atoms with Crippen LogP contribution in [0.2, 0.25) is 0 Å². The van der Waals surface area contributed by atoms with E-state index >= 15 is 0 Å². The zero-order chi connectivity index (χ0) is 32.3. The van der Waals surface area contributed by atoms with Gasteiger partial charge in [-0.25, -0.2) is 15.0 Å². The van der Waals surface area contributed by atoms with Crippen LogP contribution >= 0.6 is 11.3 Å². The average Bonchev–Trinajstić information content (AvgIpc) is 3.56. The van der Waals surface area contributed by atoms with Crippen molar-refractivity contribution in [2.24, 2.45) is 0 Å². The minimum atomic E-state index is 0.658. The first kappa shape index (κ1) is 27.8. The first-order chi connectivity index (χ1) is 24.3. The second-order valence-electron chi connectivity index (χ2n) is 12.4. The van der Waals surface area contributed by atoms with E-state index in [-0.39, 0.29) is 0 Å². The molecule has 10 aromatic rings. The first-order valence-electron chi connectivity index (χ1n) is 16.4. The Hall–Kier alpha value is -6.23. The molecular weight excluding hydrogens is 615 g/mol. The van der Waals surface area contributed by atoms with Crippen LogP contribution in [0.25, 0.3) is 97.8 Å². The summed E-state index contributed by atoms with van der Waals surface area (Å²) in [5, 5.41) is 9.80. The Morgan fingerprint density at radius 3 is 1.53 bits per heavy atom. The molecule has 0 bridgehead atoms. The van der Waals surface area contributed by atoms with Crippen LogP contribution in [0.15, 0.2) is 164 Å². The van der Waals surface area contributed by atoms with Crippen LogP contribution in [0.4, 0.5) is 0 Å². The van der Waals surface area contributed by atoms with Gasteiger partial charge in [0.2, 0.25) is 0 Å². The number of rotatable bonds is 4. The Labute approximate surface area is 286 Å². The van der Waals surface area contributed by atoms with Gasteiger partial charge in [0.15, 0.2) is 17.5 Å². The van der Waals surface area contributed by atoms with Crippen LogP contribution in [-0.4, -0.2) is 15.0 Å². The van der Waals surface area contributed by atoms with E-state index in [1.165, 1.54) is 58.2 Å². The minimum Gasteiger partial charge on any atom is -0.208 e. The van der Waals surface area contributed by atoms with Crippen molar-refractivity contribution < 1.29 is 0 Å². The molecule has 0 unspecified atom stereocenters. The summed E-state index contributed by atoms with van der Waals surface area (Å²) < 4.78 is 2.63. The maximum absolute atomic E-state index is 5.13. The van der Waals surface area contributed by atoms with Crippen LogP contribution in [0.1, 0.15) is 0 Å². The van der Waals surface area contributed by atoms with Gasteiger partial charge in [-0.15, -0.1) is 11.3 Å². The molecule has 0 aliphatic heterocycles. The van der Waals surface area contributed by atoms with Crippen LogP contribution in [0.3, 0.4) is 0 Å². The van der Waals surface area contributed by atoms with Gasteiger partial charge in [-0.2, -0.15) is 0 Å². The molecule has 2 heterocycles. The Balaban J connectivity index is 1.23. The van der Waals surface area contributed by atoms with Crippen molar-refractivity contribution in [3.05, 3.63) is 164 Å². The normalized spacial score (nSPS) is 11.7. The van der Waals surface area contributed by atoms with Gasteiger partial charge in [0.1, 0.15) is 0 Å². The Kier molecular flexibility index (Phi) is 6.36. The van der Waals surface area contributed by atoms with Crippen molar-refractivity contribution in [2.75, 3.05) is 0 Å². The van der Waals surface area contributed by atoms with Crippen LogP contribution in [0, 0.1) is 0 Å². The van der Waals surface area contributed by atoms with E-state index in [4.69, 9.17) is 15.0 Å². The molecule has 228 valence electrons. The number of hydrogen-bond acceptors (Lipinski definition) is 4. The highest BCUT2D eigenvalue weighted by molar-refractivity contribution is 7.25. The molecule has 0 fully saturated rings. The topological polar surface area (TPSA) is 38.7 Å². The number of nitrogens with zero attached hydrogens (tertiary/aromatic N) is 3. The molecule has 0 atom stereocenters. The van der Waals surface area contributed by atoms with Gasteiger partial charge in [-0.05, 0) is 56.3 Å². The summed E-state index contributed by atoms with van der Waals surface area (Å²) in [6, 6.07) is 58.0. The van der Waals surface area contributed by atoms with E-state index in [0.717, 1.165) is 22.1 Å². The molecule has 10 rings (SSSR count). The maximum Gasteiger partial charge on any atom is 0.164 e. The fraction of sp³-hybridized carbons (Fsp3) is 0. The van der Waals surface area contributed by atoms with E-state index in [2.05, 4.69) is 127 Å². The zero-order valence-electron chi connectivity index (χ0n) is 26.3. The van der Waals surface area contributed by atoms with Crippen molar-refractivity contribution in [2.45, 2.75) is 0 Å². The average molecular weight is 642 g/mol. The lowest BCUT2D eigenvalue weighted by molar-refractivity contribution is 1.08. The SMILES string of the molecule is c1ccc(-c2nc(-c3ccccc3)nc(-c3cccc4c5ccccc5c5cc(-c6ccc7c(c6)sc6ccccc67)ccc5c34)n2)cc1. The quantitative estimate of drug-likeness (QED) is 0.180. The summed E-state index contributed by atoms with van der Waals surface area (Å²) in [6.45, 7) is 0. The minimum absolute atomic E-state index is 0.658. The Morgan fingerprint density at radius 1 is 0.306 bits per heavy atom. The smallest absolute Gasteiger partial charge is 0.164 e. The third-order valence-corrected chi connectivity index (χ3v) is 10.6. The lowest BCUT2D eigenvalue weighted by atomic mass is 9.89. The van der Waals surface area contributed by atoms with Gasteiger partial charge < -0.3 is 0 Å². The van der Waals surface area contributed by atoms with E-state index in [1.807, 2.05) is 47.7 Å². The number of fused-ring (bicyclic) bond motifs is 9. The molecule has 0 radical (unpaired) electrons. The van der Waals surface area contributed by atoms with Crippen LogP contribution in [-0.2, 0) is 0 Å². The molecule has 8 aromatic carbocycles. The lowest BCUT2D eigenvalue weighted by Gasteiger charge is -2.15. The van der Waals surface area contributed by atoms with Gasteiger partial charge in [-0.1, -0.05) is 146 Å². The summed E-state index contributed by atoms with van der Waals surface area (Å²) >= 11 is 1.86. The zero-order valence-corrected chi connectivity index (χ0v) is 27.2. The molecule has 4 heteroatoms. The molecule has 3 nitrogen and oxygen atoms in total. The standard InChI is InChI=1S/C45H27N3S/c1-3-12-28(13-4-1)43-46-44(29-14-5-2-6-15-29)48-45(47-43)38-20-11-19-36-32-16-7-8-17-33(32)39-26-30(23-25-37(39)42(36)38)31-22-24-35-34-18-9-10-21-40(34)49-41(35)27-31/h1-27H. The molecule has 2 aromatic heterocycles. The van der Waals surface area contributed by atoms with E-state index in [1.54, 1.807) is 0 Å². The summed E-state index contributed by atoms with van der Waals surface area (Å²) in [6.07, 6.45) is 0. The van der Waals surface area contributed by atoms with Crippen LogP contribution in [0.5, 0.6) is 0 Å². The van der Waals surface area contributed by atoms with Gasteiger partial charge in [-0.3, -0.25) is 0 Å². The van der Waals surface area contributed by atoms with Crippen molar-refractivity contribution in [3.8, 4) is 45.3 Å². The Morgan fingerprint density at radius 2 is 0.816 bits per heavy atom. The van der Waals surface area contributed by atoms with Gasteiger partial charge in [0, 0.05) is 42.2 Å². The number of benzene rings is 8. The summed E-state index contributed by atoms with van der Waals surface area (Å²) in [4.78, 5) is 15.2. The van der Waals surface area contributed by atoms with Crippen molar-refractivity contribution >= 4 is 63.8 Å². The van der Waals surface area contributed by atoms with Crippen molar-refractivity contribution in [1.29, 1.82) is 0 Å². The number of hydrogen-bond donors (Lipinski definition) is 0. The molecule has 0 saturated carbocycles. The molecular formula is C45H27N3S. The molecule has 0 N–H and O–H groups in total. The first-order valence-corrected chi connectivity index (χ1v) is 17.3. The molecule has 0 amide bonds. The summed E-state index contributed by atoms with van der Waals surface area (Å²) in [7, 11) is 0. The highest BCUT2D eigenvalue weighted by Crippen LogP contribution is 2.42. The maximum atomic E-state index is 5.13. The molecule has 0 spiro atoms. The fourth-order valence-electron chi connectivity index (χ4n) is 7.21. The summed E-state index contributed by atoms with van der Waals surface area (Å²) in [5.74, 6) is 1.98. The van der Waals surface area contributed by atoms with Gasteiger partial charge >= 0.3 is 0 Å². The molecule has 0 aliphatic carbocycles. The third-order valence-electron chi connectivity index (χ3n) is 9.51. The summed E-state index contributed by atoms with van der Waals surface area (Å²) in [5.41, 5.74) is 5.32. The monoisotopic (exact) mass is 641 g/mol. The second kappa shape index (κ2) is 11.2.